The summed E-state index contributed by atoms with van der Waals surface area (Å²) in [5.41, 5.74) is -8.32. The van der Waals surface area contributed by atoms with Gasteiger partial charge in [0.25, 0.3) is 0 Å². The maximum absolute atomic E-state index is 10.7. The van der Waals surface area contributed by atoms with Gasteiger partial charge in [-0.05, 0) is 82.2 Å². The molecule has 8 nitrogen and oxygen atoms in total. The summed E-state index contributed by atoms with van der Waals surface area (Å²) >= 11 is 0. The molecule has 0 bridgehead atoms. The largest absolute Gasteiger partial charge is 2.00 e. The van der Waals surface area contributed by atoms with Crippen molar-refractivity contribution < 1.29 is 72.7 Å². The van der Waals surface area contributed by atoms with Crippen molar-refractivity contribution in [2.45, 2.75) is 24.9 Å². The topological polar surface area (TPSA) is 156 Å². The van der Waals surface area contributed by atoms with Crippen LogP contribution in [0.4, 0.5) is 26.3 Å². The van der Waals surface area contributed by atoms with Crippen molar-refractivity contribution in [2.75, 3.05) is 0 Å². The molecule has 0 aliphatic rings. The molecule has 2 N–H and O–H groups in total. The molecule has 0 heterocycles. The third-order valence-corrected chi connectivity index (χ3v) is 16.2. The molecule has 0 saturated carbocycles. The molecule has 0 fully saturated rings. The van der Waals surface area contributed by atoms with Crippen LogP contribution in [0.1, 0.15) is 13.8 Å². The van der Waals surface area contributed by atoms with Gasteiger partial charge < -0.3 is 0 Å². The van der Waals surface area contributed by atoms with E-state index in [-0.39, 0.29) is 20.4 Å². The second kappa shape index (κ2) is 26.2. The molecular formula is C50H42F6N2O6P2PdS2+4. The van der Waals surface area contributed by atoms with E-state index in [0.29, 0.717) is 0 Å². The van der Waals surface area contributed by atoms with E-state index >= 15 is 0 Å². The van der Waals surface area contributed by atoms with E-state index in [1.165, 1.54) is 78.3 Å². The number of fused-ring (bicyclic) bond motifs is 2. The molecule has 8 rings (SSSR count). The van der Waals surface area contributed by atoms with Gasteiger partial charge >= 0.3 is 51.7 Å². The zero-order valence-electron chi connectivity index (χ0n) is 36.3. The summed E-state index contributed by atoms with van der Waals surface area (Å²) in [5.74, 6) is 0. The van der Waals surface area contributed by atoms with E-state index < -0.39 is 47.1 Å². The number of nitriles is 2. The Hall–Kier alpha value is -5.82. The summed E-state index contributed by atoms with van der Waals surface area (Å²) in [5, 5.41) is 28.3. The summed E-state index contributed by atoms with van der Waals surface area (Å²) in [6.45, 7) is 2.86. The molecule has 8 aromatic rings. The minimum absolute atomic E-state index is 0. The first kappa shape index (κ1) is 57.5. The van der Waals surface area contributed by atoms with Gasteiger partial charge in [-0.15, -0.1) is 0 Å². The van der Waals surface area contributed by atoms with Gasteiger partial charge in [0.2, 0.25) is 0 Å². The van der Waals surface area contributed by atoms with Gasteiger partial charge in [-0.3, -0.25) is 9.11 Å². The average molecular weight is 1110 g/mol. The van der Waals surface area contributed by atoms with Crippen LogP contribution in [-0.2, 0) is 40.7 Å². The fourth-order valence-corrected chi connectivity index (χ4v) is 12.4. The maximum atomic E-state index is 10.7. The molecule has 0 saturated heterocycles. The maximum Gasteiger partial charge on any atom is 2.00 e. The first-order valence-corrected chi connectivity index (χ1v) is 25.8. The average Bonchev–Trinajstić information content (AvgIpc) is 3.30. The predicted molar refractivity (Wildman–Crippen MR) is 265 cm³/mol. The normalized spacial score (nSPS) is 11.1. The Morgan fingerprint density at radius 2 is 0.609 bits per heavy atom. The van der Waals surface area contributed by atoms with Crippen LogP contribution < -0.4 is 31.8 Å². The number of alkyl halides is 6. The molecule has 0 spiro atoms. The smallest absolute Gasteiger partial charge is 0.279 e. The van der Waals surface area contributed by atoms with Crippen LogP contribution in [0.5, 0.6) is 0 Å². The van der Waals surface area contributed by atoms with Gasteiger partial charge in [0.1, 0.15) is 31.8 Å². The van der Waals surface area contributed by atoms with E-state index in [0.717, 1.165) is 0 Å². The Morgan fingerprint density at radius 3 is 0.826 bits per heavy atom. The second-order valence-electron chi connectivity index (χ2n) is 13.9. The molecule has 19 heteroatoms. The zero-order chi connectivity index (χ0) is 50.1. The third kappa shape index (κ3) is 15.6. The molecule has 0 aliphatic heterocycles. The van der Waals surface area contributed by atoms with E-state index in [9.17, 15) is 26.3 Å². The molecule has 8 aromatic carbocycles. The summed E-state index contributed by atoms with van der Waals surface area (Å²) < 4.78 is 115. The van der Waals surface area contributed by atoms with Crippen molar-refractivity contribution in [3.63, 3.8) is 0 Å². The Labute approximate surface area is 412 Å². The SMILES string of the molecule is CC#N.CC#N.O=S(=O)(O)C(F)(F)F.O=S(=O)(O)C(F)(F)F.[Pd+2].c1ccc([PH+](c2ccccc2)c2ccc3ccccc3c2-c2c([PH+](c3ccccc3)c3ccccc3)ccc3ccccc23)cc1. The Morgan fingerprint density at radius 1 is 0.406 bits per heavy atom. The fourth-order valence-electron chi connectivity index (χ4n) is 6.87. The number of hydrogen-bond acceptors (Lipinski definition) is 6. The molecule has 0 unspecified atom stereocenters. The van der Waals surface area contributed by atoms with Crippen LogP contribution in [0.15, 0.2) is 194 Å². The second-order valence-corrected chi connectivity index (χ2v) is 21.6. The minimum Gasteiger partial charge on any atom is -0.279 e. The molecule has 0 aromatic heterocycles. The first-order valence-electron chi connectivity index (χ1n) is 19.9. The molecule has 0 aliphatic carbocycles. The number of nitrogens with zero attached hydrogens (tertiary/aromatic N) is 2. The van der Waals surface area contributed by atoms with E-state index in [1.54, 1.807) is 12.1 Å². The molecule has 0 atom stereocenters. The van der Waals surface area contributed by atoms with Crippen LogP contribution >= 0.6 is 15.8 Å². The number of rotatable bonds is 7. The van der Waals surface area contributed by atoms with E-state index in [2.05, 4.69) is 194 Å². The molecule has 69 heavy (non-hydrogen) atoms. The predicted octanol–water partition coefficient (Wildman–Crippen LogP) is 10.5. The van der Waals surface area contributed by atoms with Crippen LogP contribution in [0.2, 0.25) is 0 Å². The molecular weight excluding hydrogens is 1070 g/mol. The molecule has 358 valence electrons. The van der Waals surface area contributed by atoms with E-state index in [1.807, 2.05) is 0 Å². The number of halogens is 6. The number of benzene rings is 8. The van der Waals surface area contributed by atoms with E-state index in [4.69, 9.17) is 36.5 Å². The fraction of sp³-hybridized carbons (Fsp3) is 0.0800. The van der Waals surface area contributed by atoms with Gasteiger partial charge in [0.05, 0.1) is 28.0 Å². The third-order valence-electron chi connectivity index (χ3n) is 9.48. The van der Waals surface area contributed by atoms with Gasteiger partial charge in [-0.2, -0.15) is 53.7 Å². The minimum atomic E-state index is -5.84. The summed E-state index contributed by atoms with van der Waals surface area (Å²) in [7, 11) is -14.4. The van der Waals surface area contributed by atoms with Gasteiger partial charge in [-0.25, -0.2) is 0 Å². The van der Waals surface area contributed by atoms with Crippen LogP contribution in [0.3, 0.4) is 0 Å². The Balaban J connectivity index is 0.000000461. The van der Waals surface area contributed by atoms with Gasteiger partial charge in [-0.1, -0.05) is 133 Å². The van der Waals surface area contributed by atoms with Crippen LogP contribution in [-0.4, -0.2) is 37.0 Å². The van der Waals surface area contributed by atoms with Crippen molar-refractivity contribution in [1.82, 2.24) is 0 Å². The first-order chi connectivity index (χ1) is 32.2. The van der Waals surface area contributed by atoms with Crippen LogP contribution in [0.25, 0.3) is 32.7 Å². The van der Waals surface area contributed by atoms with Gasteiger partial charge in [0.15, 0.2) is 0 Å². The Bertz CT molecular complexity index is 2920. The summed E-state index contributed by atoms with van der Waals surface area (Å²) in [4.78, 5) is 0. The van der Waals surface area contributed by atoms with Crippen molar-refractivity contribution in [1.29, 1.82) is 10.5 Å². The van der Waals surface area contributed by atoms with Crippen molar-refractivity contribution in [3.8, 4) is 23.3 Å². The number of hydrogen-bond donors (Lipinski definition) is 2. The quantitative estimate of drug-likeness (QED) is 0.0525. The summed E-state index contributed by atoms with van der Waals surface area (Å²) in [6, 6.07) is 75.7. The van der Waals surface area contributed by atoms with Crippen molar-refractivity contribution >= 4 is 89.5 Å². The Kier molecular flexibility index (Phi) is 21.9. The zero-order valence-corrected chi connectivity index (χ0v) is 41.5. The molecule has 0 radical (unpaired) electrons. The summed E-state index contributed by atoms with van der Waals surface area (Å²) in [6.07, 6.45) is 0. The monoisotopic (exact) mass is 1110 g/mol. The standard InChI is InChI=1S/C44H32P2.2C2H3N.2CHF3O3S.Pd/c1-5-19-35(20-6-1)45(36-21-7-2-8-22-36)41-31-29-33-17-13-15-27-39(33)43(41)44-40-28-16-14-18-34(40)30-32-42(44)46(37-23-9-3-10-24-37)38-25-11-4-12-26-38;2*1-2-3;2*2-1(3,4)8(5,6)7;/h1-32H;2*1H3;2*(H,5,6,7);/q;;;;;+2/p+2. The molecule has 0 amide bonds. The van der Waals surface area contributed by atoms with Crippen molar-refractivity contribution in [2.24, 2.45) is 0 Å². The van der Waals surface area contributed by atoms with Gasteiger partial charge in [0, 0.05) is 25.0 Å². The van der Waals surface area contributed by atoms with Crippen LogP contribution in [0, 0.1) is 22.7 Å². The van der Waals surface area contributed by atoms with Crippen molar-refractivity contribution in [3.05, 3.63) is 194 Å².